The van der Waals surface area contributed by atoms with Crippen LogP contribution in [0, 0.1) is 5.82 Å². The number of halogens is 5. The molecule has 0 aliphatic heterocycles. The first kappa shape index (κ1) is 21.4. The maximum atomic E-state index is 14.1. The molecule has 0 aliphatic carbocycles. The SMILES string of the molecule is CC(Oc1cc(NC(=O)O)cc2ccnc(Oc3c(F)cccc3Cl)c12)C(F)(F)F. The van der Waals surface area contributed by atoms with Crippen molar-refractivity contribution in [2.45, 2.75) is 19.2 Å². The molecule has 6 nitrogen and oxygen atoms in total. The van der Waals surface area contributed by atoms with Gasteiger partial charge in [-0.1, -0.05) is 17.7 Å². The lowest BCUT2D eigenvalue weighted by molar-refractivity contribution is -0.189. The van der Waals surface area contributed by atoms with Crippen LogP contribution in [0.4, 0.5) is 28.0 Å². The first-order chi connectivity index (χ1) is 14.1. The van der Waals surface area contributed by atoms with E-state index in [-0.39, 0.29) is 38.9 Å². The summed E-state index contributed by atoms with van der Waals surface area (Å²) in [6, 6.07) is 7.60. The molecule has 0 bridgehead atoms. The fourth-order valence-electron chi connectivity index (χ4n) is 2.55. The monoisotopic (exact) mass is 444 g/mol. The van der Waals surface area contributed by atoms with Gasteiger partial charge in [-0.05, 0) is 36.6 Å². The Hall–Kier alpha value is -3.27. The highest BCUT2D eigenvalue weighted by Gasteiger charge is 2.38. The number of hydrogen-bond donors (Lipinski definition) is 2. The Kier molecular flexibility index (Phi) is 5.88. The van der Waals surface area contributed by atoms with E-state index in [9.17, 15) is 22.4 Å². The third-order valence-corrected chi connectivity index (χ3v) is 4.22. The Bertz CT molecular complexity index is 1090. The molecule has 0 saturated carbocycles. The van der Waals surface area contributed by atoms with Gasteiger partial charge in [-0.3, -0.25) is 5.32 Å². The first-order valence-electron chi connectivity index (χ1n) is 8.34. The predicted molar refractivity (Wildman–Crippen MR) is 101 cm³/mol. The zero-order valence-corrected chi connectivity index (χ0v) is 15.9. The number of nitrogens with zero attached hydrogens (tertiary/aromatic N) is 1. The van der Waals surface area contributed by atoms with Crippen molar-refractivity contribution < 1.29 is 36.9 Å². The van der Waals surface area contributed by atoms with Crippen molar-refractivity contribution in [3.63, 3.8) is 0 Å². The van der Waals surface area contributed by atoms with Gasteiger partial charge in [-0.2, -0.15) is 13.2 Å². The summed E-state index contributed by atoms with van der Waals surface area (Å²) in [5.74, 6) is -1.82. The number of hydrogen-bond acceptors (Lipinski definition) is 4. The first-order valence-corrected chi connectivity index (χ1v) is 8.72. The van der Waals surface area contributed by atoms with E-state index < -0.39 is 24.2 Å². The number of carboxylic acid groups (broad SMARTS) is 1. The molecule has 1 heterocycles. The molecular formula is C19H13ClF4N2O4. The van der Waals surface area contributed by atoms with Gasteiger partial charge >= 0.3 is 12.3 Å². The van der Waals surface area contributed by atoms with E-state index in [1.165, 1.54) is 30.5 Å². The molecule has 1 unspecified atom stereocenters. The predicted octanol–water partition coefficient (Wildman–Crippen LogP) is 6.24. The van der Waals surface area contributed by atoms with Crippen LogP contribution in [-0.2, 0) is 0 Å². The number of rotatable bonds is 5. The van der Waals surface area contributed by atoms with E-state index in [4.69, 9.17) is 26.2 Å². The zero-order chi connectivity index (χ0) is 22.1. The number of para-hydroxylation sites is 1. The van der Waals surface area contributed by atoms with Crippen LogP contribution in [0.25, 0.3) is 10.8 Å². The van der Waals surface area contributed by atoms with E-state index in [0.29, 0.717) is 0 Å². The van der Waals surface area contributed by atoms with E-state index >= 15 is 0 Å². The second kappa shape index (κ2) is 8.23. The van der Waals surface area contributed by atoms with Crippen molar-refractivity contribution in [2.75, 3.05) is 5.32 Å². The summed E-state index contributed by atoms with van der Waals surface area (Å²) in [4.78, 5) is 14.9. The van der Waals surface area contributed by atoms with Crippen molar-refractivity contribution in [3.05, 3.63) is 53.4 Å². The van der Waals surface area contributed by atoms with Crippen LogP contribution >= 0.6 is 11.6 Å². The standard InChI is InChI=1S/C19H13ClF4N2O4/c1-9(19(22,23)24)29-14-8-11(26-18(27)28)7-10-5-6-25-17(15(10)14)30-16-12(20)3-2-4-13(16)21/h2-9,26H,1H3,(H,27,28). The Morgan fingerprint density at radius 2 is 2.00 bits per heavy atom. The number of nitrogens with one attached hydrogen (secondary N) is 1. The summed E-state index contributed by atoms with van der Waals surface area (Å²) in [5.41, 5.74) is -0.0413. The van der Waals surface area contributed by atoms with Crippen molar-refractivity contribution in [1.29, 1.82) is 0 Å². The topological polar surface area (TPSA) is 80.7 Å². The van der Waals surface area contributed by atoms with Crippen LogP contribution in [-0.4, -0.2) is 28.5 Å². The molecule has 2 aromatic carbocycles. The van der Waals surface area contributed by atoms with Gasteiger partial charge < -0.3 is 14.6 Å². The number of alkyl halides is 3. The molecule has 158 valence electrons. The van der Waals surface area contributed by atoms with Gasteiger partial charge in [-0.15, -0.1) is 0 Å². The van der Waals surface area contributed by atoms with E-state index in [1.807, 2.05) is 5.32 Å². The van der Waals surface area contributed by atoms with Crippen LogP contribution in [0.3, 0.4) is 0 Å². The Labute approximate surface area is 172 Å². The van der Waals surface area contributed by atoms with E-state index in [1.54, 1.807) is 0 Å². The Balaban J connectivity index is 2.17. The number of anilines is 1. The summed E-state index contributed by atoms with van der Waals surface area (Å²) in [6.07, 6.45) is -7.09. The molecule has 3 aromatic rings. The van der Waals surface area contributed by atoms with Gasteiger partial charge in [0.15, 0.2) is 17.7 Å². The van der Waals surface area contributed by atoms with Gasteiger partial charge in [0.25, 0.3) is 0 Å². The minimum Gasteiger partial charge on any atom is -0.480 e. The largest absolute Gasteiger partial charge is 0.480 e. The van der Waals surface area contributed by atoms with Gasteiger partial charge in [0.2, 0.25) is 5.88 Å². The second-order valence-corrected chi connectivity index (χ2v) is 6.48. The molecule has 1 aromatic heterocycles. The molecule has 0 fully saturated rings. The number of aromatic nitrogens is 1. The smallest absolute Gasteiger partial charge is 0.425 e. The normalized spacial score (nSPS) is 12.5. The fourth-order valence-corrected chi connectivity index (χ4v) is 2.75. The average molecular weight is 445 g/mol. The summed E-state index contributed by atoms with van der Waals surface area (Å²) in [6.45, 7) is 0.785. The summed E-state index contributed by atoms with van der Waals surface area (Å²) in [5, 5.41) is 11.1. The molecular weight excluding hydrogens is 432 g/mol. The highest BCUT2D eigenvalue weighted by atomic mass is 35.5. The molecule has 3 rings (SSSR count). The van der Waals surface area contributed by atoms with Gasteiger partial charge in [0, 0.05) is 18.0 Å². The number of ether oxygens (including phenoxy) is 2. The maximum absolute atomic E-state index is 14.1. The molecule has 11 heteroatoms. The molecule has 0 spiro atoms. The minimum atomic E-state index is -4.69. The number of pyridine rings is 1. The lowest BCUT2D eigenvalue weighted by Gasteiger charge is -2.20. The van der Waals surface area contributed by atoms with Crippen molar-refractivity contribution in [1.82, 2.24) is 4.98 Å². The van der Waals surface area contributed by atoms with Crippen LogP contribution in [0.2, 0.25) is 5.02 Å². The lowest BCUT2D eigenvalue weighted by atomic mass is 10.1. The average Bonchev–Trinajstić information content (AvgIpc) is 2.63. The quantitative estimate of drug-likeness (QED) is 0.455. The third kappa shape index (κ3) is 4.65. The maximum Gasteiger partial charge on any atom is 0.425 e. The molecule has 1 atom stereocenters. The minimum absolute atomic E-state index is 0.0242. The van der Waals surface area contributed by atoms with Crippen molar-refractivity contribution in [3.8, 4) is 17.4 Å². The van der Waals surface area contributed by atoms with Gasteiger partial charge in [0.05, 0.1) is 10.4 Å². The van der Waals surface area contributed by atoms with Crippen LogP contribution in [0.1, 0.15) is 6.92 Å². The fraction of sp³-hybridized carbons (Fsp3) is 0.158. The molecule has 30 heavy (non-hydrogen) atoms. The van der Waals surface area contributed by atoms with Gasteiger partial charge in [0.1, 0.15) is 5.75 Å². The van der Waals surface area contributed by atoms with E-state index in [2.05, 4.69) is 4.98 Å². The lowest BCUT2D eigenvalue weighted by Crippen LogP contribution is -2.31. The summed E-state index contributed by atoms with van der Waals surface area (Å²) < 4.78 is 63.8. The van der Waals surface area contributed by atoms with Crippen LogP contribution < -0.4 is 14.8 Å². The number of fused-ring (bicyclic) bond motifs is 1. The van der Waals surface area contributed by atoms with Crippen LogP contribution in [0.5, 0.6) is 17.4 Å². The van der Waals surface area contributed by atoms with Crippen molar-refractivity contribution >= 4 is 34.2 Å². The summed E-state index contributed by atoms with van der Waals surface area (Å²) >= 11 is 5.95. The Morgan fingerprint density at radius 3 is 2.63 bits per heavy atom. The highest BCUT2D eigenvalue weighted by molar-refractivity contribution is 6.32. The molecule has 0 radical (unpaired) electrons. The van der Waals surface area contributed by atoms with Crippen LogP contribution in [0.15, 0.2) is 42.6 Å². The number of carbonyl (C=O) groups is 1. The molecule has 2 N–H and O–H groups in total. The molecule has 0 saturated heterocycles. The molecule has 0 aliphatic rings. The van der Waals surface area contributed by atoms with Gasteiger partial charge in [-0.25, -0.2) is 14.2 Å². The molecule has 1 amide bonds. The van der Waals surface area contributed by atoms with Crippen molar-refractivity contribution in [2.24, 2.45) is 0 Å². The summed E-state index contributed by atoms with van der Waals surface area (Å²) in [7, 11) is 0. The number of amides is 1. The third-order valence-electron chi connectivity index (χ3n) is 3.93. The Morgan fingerprint density at radius 1 is 1.27 bits per heavy atom. The highest BCUT2D eigenvalue weighted by Crippen LogP contribution is 2.41. The number of benzene rings is 2. The zero-order valence-electron chi connectivity index (χ0n) is 15.1. The van der Waals surface area contributed by atoms with E-state index in [0.717, 1.165) is 19.1 Å². The second-order valence-electron chi connectivity index (χ2n) is 6.07.